The number of nitrogens with zero attached hydrogens (tertiary/aromatic N) is 1. The van der Waals surface area contributed by atoms with E-state index in [1.807, 2.05) is 24.3 Å². The molecule has 0 unspecified atom stereocenters. The van der Waals surface area contributed by atoms with Gasteiger partial charge in [-0.3, -0.25) is 4.90 Å². The third-order valence-electron chi connectivity index (χ3n) is 3.30. The monoisotopic (exact) mass is 229 g/mol. The molecule has 1 rings (SSSR count). The zero-order valence-electron chi connectivity index (χ0n) is 10.9. The van der Waals surface area contributed by atoms with E-state index in [2.05, 4.69) is 31.6 Å². The van der Waals surface area contributed by atoms with E-state index in [4.69, 9.17) is 0 Å². The molecule has 92 valence electrons. The second-order valence-electron chi connectivity index (χ2n) is 4.47. The summed E-state index contributed by atoms with van der Waals surface area (Å²) in [4.78, 5) is 2.48. The van der Waals surface area contributed by atoms with Gasteiger partial charge in [-0.05, 0) is 30.9 Å². The summed E-state index contributed by atoms with van der Waals surface area (Å²) in [5.41, 5.74) is 4.14. The molecule has 1 aliphatic heterocycles. The highest BCUT2D eigenvalue weighted by atomic mass is 15.1. The largest absolute Gasteiger partial charge is 0.298 e. The SMILES string of the molecule is C=C/C=C(\C=C)CCN1CCC(C)=C(C=C)C1. The minimum absolute atomic E-state index is 1.04. The lowest BCUT2D eigenvalue weighted by Gasteiger charge is -2.28. The van der Waals surface area contributed by atoms with E-state index in [0.717, 1.165) is 32.5 Å². The van der Waals surface area contributed by atoms with Crippen molar-refractivity contribution in [3.05, 3.63) is 60.8 Å². The molecule has 0 saturated carbocycles. The van der Waals surface area contributed by atoms with Crippen LogP contribution in [0.4, 0.5) is 0 Å². The van der Waals surface area contributed by atoms with Gasteiger partial charge in [0.05, 0.1) is 0 Å². The molecule has 0 aromatic carbocycles. The van der Waals surface area contributed by atoms with E-state index in [1.165, 1.54) is 16.7 Å². The zero-order valence-corrected chi connectivity index (χ0v) is 10.9. The van der Waals surface area contributed by atoms with Gasteiger partial charge in [-0.25, -0.2) is 0 Å². The highest BCUT2D eigenvalue weighted by Gasteiger charge is 2.14. The van der Waals surface area contributed by atoms with Crippen LogP contribution in [0.1, 0.15) is 19.8 Å². The minimum atomic E-state index is 1.04. The quantitative estimate of drug-likeness (QED) is 0.625. The van der Waals surface area contributed by atoms with Crippen molar-refractivity contribution >= 4 is 0 Å². The third kappa shape index (κ3) is 4.20. The van der Waals surface area contributed by atoms with Gasteiger partial charge in [-0.1, -0.05) is 49.6 Å². The van der Waals surface area contributed by atoms with E-state index >= 15 is 0 Å². The van der Waals surface area contributed by atoms with Gasteiger partial charge in [0.15, 0.2) is 0 Å². The molecule has 1 aliphatic rings. The van der Waals surface area contributed by atoms with Gasteiger partial charge < -0.3 is 0 Å². The summed E-state index contributed by atoms with van der Waals surface area (Å²) >= 11 is 0. The fourth-order valence-electron chi connectivity index (χ4n) is 2.06. The lowest BCUT2D eigenvalue weighted by Crippen LogP contribution is -2.32. The molecule has 0 saturated heterocycles. The second-order valence-corrected chi connectivity index (χ2v) is 4.47. The van der Waals surface area contributed by atoms with Crippen LogP contribution in [0, 0.1) is 0 Å². The van der Waals surface area contributed by atoms with Gasteiger partial charge in [0.25, 0.3) is 0 Å². The number of hydrogen-bond donors (Lipinski definition) is 0. The lowest BCUT2D eigenvalue weighted by molar-refractivity contribution is 0.292. The number of allylic oxidation sites excluding steroid dienone is 3. The first-order chi connectivity index (χ1) is 8.21. The Hall–Kier alpha value is -1.34. The number of rotatable bonds is 6. The molecule has 0 fully saturated rings. The van der Waals surface area contributed by atoms with Crippen LogP contribution in [-0.2, 0) is 0 Å². The molecule has 0 aromatic heterocycles. The maximum Gasteiger partial charge on any atom is 0.0233 e. The highest BCUT2D eigenvalue weighted by molar-refractivity contribution is 5.27. The van der Waals surface area contributed by atoms with E-state index in [1.54, 1.807) is 0 Å². The molecule has 17 heavy (non-hydrogen) atoms. The normalized spacial score (nSPS) is 18.1. The van der Waals surface area contributed by atoms with Crippen molar-refractivity contribution < 1.29 is 0 Å². The molecule has 1 heterocycles. The summed E-state index contributed by atoms with van der Waals surface area (Å²) in [5, 5.41) is 0. The van der Waals surface area contributed by atoms with Crippen LogP contribution in [-0.4, -0.2) is 24.5 Å². The Morgan fingerprint density at radius 2 is 2.12 bits per heavy atom. The first-order valence-corrected chi connectivity index (χ1v) is 6.18. The summed E-state index contributed by atoms with van der Waals surface area (Å²) < 4.78 is 0. The Bertz CT molecular complexity index is 358. The standard InChI is InChI=1S/C16H23N/c1-5-8-15(6-2)10-12-17-11-9-14(4)16(7-3)13-17/h5-8H,1-3,9-13H2,4H3/b15-8+. The zero-order chi connectivity index (χ0) is 12.7. The van der Waals surface area contributed by atoms with Gasteiger partial charge in [0.1, 0.15) is 0 Å². The predicted octanol–water partition coefficient (Wildman–Crippen LogP) is 3.88. The molecular weight excluding hydrogens is 206 g/mol. The Morgan fingerprint density at radius 3 is 2.71 bits per heavy atom. The molecule has 0 radical (unpaired) electrons. The molecule has 1 heteroatoms. The van der Waals surface area contributed by atoms with Crippen molar-refractivity contribution in [1.82, 2.24) is 4.90 Å². The van der Waals surface area contributed by atoms with Crippen LogP contribution in [0.5, 0.6) is 0 Å². The Morgan fingerprint density at radius 1 is 1.35 bits per heavy atom. The molecule has 0 atom stereocenters. The van der Waals surface area contributed by atoms with E-state index < -0.39 is 0 Å². The third-order valence-corrected chi connectivity index (χ3v) is 3.30. The van der Waals surface area contributed by atoms with E-state index in [-0.39, 0.29) is 0 Å². The van der Waals surface area contributed by atoms with Crippen LogP contribution in [0.2, 0.25) is 0 Å². The average molecular weight is 229 g/mol. The summed E-state index contributed by atoms with van der Waals surface area (Å²) in [7, 11) is 0. The van der Waals surface area contributed by atoms with Crippen molar-refractivity contribution in [2.45, 2.75) is 19.8 Å². The van der Waals surface area contributed by atoms with Crippen molar-refractivity contribution in [3.63, 3.8) is 0 Å². The topological polar surface area (TPSA) is 3.24 Å². The van der Waals surface area contributed by atoms with E-state index in [9.17, 15) is 0 Å². The van der Waals surface area contributed by atoms with Crippen molar-refractivity contribution in [2.75, 3.05) is 19.6 Å². The molecule has 1 nitrogen and oxygen atoms in total. The molecule has 0 aliphatic carbocycles. The van der Waals surface area contributed by atoms with Crippen LogP contribution >= 0.6 is 0 Å². The van der Waals surface area contributed by atoms with Crippen LogP contribution in [0.15, 0.2) is 60.8 Å². The molecule has 0 amide bonds. The molecule has 0 spiro atoms. The second kappa shape index (κ2) is 7.08. The molecule has 0 bridgehead atoms. The van der Waals surface area contributed by atoms with Crippen molar-refractivity contribution in [3.8, 4) is 0 Å². The Balaban J connectivity index is 2.50. The number of hydrogen-bond acceptors (Lipinski definition) is 1. The van der Waals surface area contributed by atoms with Gasteiger partial charge in [-0.2, -0.15) is 0 Å². The summed E-state index contributed by atoms with van der Waals surface area (Å²) in [6, 6.07) is 0. The van der Waals surface area contributed by atoms with Gasteiger partial charge in [-0.15, -0.1) is 0 Å². The predicted molar refractivity (Wildman–Crippen MR) is 77.0 cm³/mol. The Kier molecular flexibility index (Phi) is 5.71. The first kappa shape index (κ1) is 13.7. The maximum absolute atomic E-state index is 3.88. The van der Waals surface area contributed by atoms with Gasteiger partial charge in [0, 0.05) is 19.6 Å². The van der Waals surface area contributed by atoms with E-state index in [0.29, 0.717) is 0 Å². The van der Waals surface area contributed by atoms with Crippen LogP contribution in [0.25, 0.3) is 0 Å². The maximum atomic E-state index is 3.88. The first-order valence-electron chi connectivity index (χ1n) is 6.18. The molecule has 0 aromatic rings. The Labute approximate surface area is 106 Å². The lowest BCUT2D eigenvalue weighted by atomic mass is 10.0. The smallest absolute Gasteiger partial charge is 0.0233 e. The van der Waals surface area contributed by atoms with Gasteiger partial charge >= 0.3 is 0 Å². The van der Waals surface area contributed by atoms with Crippen molar-refractivity contribution in [2.24, 2.45) is 0 Å². The van der Waals surface area contributed by atoms with Gasteiger partial charge in [0.2, 0.25) is 0 Å². The van der Waals surface area contributed by atoms with Crippen LogP contribution < -0.4 is 0 Å². The average Bonchev–Trinajstić information content (AvgIpc) is 2.36. The summed E-state index contributed by atoms with van der Waals surface area (Å²) in [5.74, 6) is 0. The highest BCUT2D eigenvalue weighted by Crippen LogP contribution is 2.18. The summed E-state index contributed by atoms with van der Waals surface area (Å²) in [6.45, 7) is 16.9. The fourth-order valence-corrected chi connectivity index (χ4v) is 2.06. The fraction of sp³-hybridized carbons (Fsp3) is 0.375. The van der Waals surface area contributed by atoms with Crippen molar-refractivity contribution in [1.29, 1.82) is 0 Å². The summed E-state index contributed by atoms with van der Waals surface area (Å²) in [6.07, 6.45) is 9.98. The molecule has 0 N–H and O–H groups in total. The molecular formula is C16H23N. The minimum Gasteiger partial charge on any atom is -0.298 e. The van der Waals surface area contributed by atoms with Crippen LogP contribution in [0.3, 0.4) is 0 Å².